The van der Waals surface area contributed by atoms with Crippen molar-refractivity contribution in [3.05, 3.63) is 34.1 Å². The number of carbonyl (C=O) groups excluding carboxylic acids is 1. The third kappa shape index (κ3) is 5.46. The molecule has 1 aliphatic carbocycles. The van der Waals surface area contributed by atoms with Gasteiger partial charge in [-0.3, -0.25) is 0 Å². The number of amides is 1. The predicted molar refractivity (Wildman–Crippen MR) is 91.8 cm³/mol. The van der Waals surface area contributed by atoms with E-state index >= 15 is 0 Å². The van der Waals surface area contributed by atoms with Crippen molar-refractivity contribution in [1.29, 1.82) is 0 Å². The summed E-state index contributed by atoms with van der Waals surface area (Å²) in [5.41, 5.74) is 0.546. The Hall–Kier alpha value is -1.14. The zero-order valence-corrected chi connectivity index (χ0v) is 15.5. The summed E-state index contributed by atoms with van der Waals surface area (Å²) in [5, 5.41) is 6.37. The van der Waals surface area contributed by atoms with Crippen molar-refractivity contribution in [1.82, 2.24) is 10.6 Å². The van der Waals surface area contributed by atoms with Crippen LogP contribution in [0.25, 0.3) is 0 Å². The fourth-order valence-corrected chi connectivity index (χ4v) is 3.34. The van der Waals surface area contributed by atoms with E-state index in [4.69, 9.17) is 4.74 Å². The van der Waals surface area contributed by atoms with E-state index in [-0.39, 0.29) is 24.0 Å². The summed E-state index contributed by atoms with van der Waals surface area (Å²) in [4.78, 5) is 11.7. The van der Waals surface area contributed by atoms with Crippen molar-refractivity contribution in [2.45, 2.75) is 64.3 Å². The molecule has 2 N–H and O–H groups in total. The minimum Gasteiger partial charge on any atom is -0.444 e. The van der Waals surface area contributed by atoms with Crippen LogP contribution < -0.4 is 10.6 Å². The summed E-state index contributed by atoms with van der Waals surface area (Å²) in [6.45, 7) is 7.59. The van der Waals surface area contributed by atoms with Crippen LogP contribution in [0.4, 0.5) is 9.18 Å². The quantitative estimate of drug-likeness (QED) is 0.810. The standard InChI is InChI=1S/C17H24BrFN2O2/c1-10(14-6-5-11(19)7-15(14)18)20-12-8-13(9-12)21-16(22)23-17(2,3)4/h5-7,10,12-13,20H,8-9H2,1-4H3,(H,21,22). The maximum Gasteiger partial charge on any atom is 0.407 e. The summed E-state index contributed by atoms with van der Waals surface area (Å²) in [6.07, 6.45) is 1.36. The number of nitrogens with one attached hydrogen (secondary N) is 2. The number of ether oxygens (including phenoxy) is 1. The van der Waals surface area contributed by atoms with E-state index in [9.17, 15) is 9.18 Å². The number of alkyl carbamates (subject to hydrolysis) is 1. The molecule has 1 aliphatic rings. The lowest BCUT2D eigenvalue weighted by Gasteiger charge is -2.38. The molecule has 1 saturated carbocycles. The Morgan fingerprint density at radius 3 is 2.57 bits per heavy atom. The van der Waals surface area contributed by atoms with E-state index in [1.807, 2.05) is 27.7 Å². The SMILES string of the molecule is CC(NC1CC(NC(=O)OC(C)(C)C)C1)c1ccc(F)cc1Br. The molecule has 0 aliphatic heterocycles. The highest BCUT2D eigenvalue weighted by Gasteiger charge is 2.32. The monoisotopic (exact) mass is 386 g/mol. The lowest BCUT2D eigenvalue weighted by molar-refractivity contribution is 0.0463. The maximum absolute atomic E-state index is 13.1. The molecule has 0 radical (unpaired) electrons. The van der Waals surface area contributed by atoms with Crippen molar-refractivity contribution in [2.75, 3.05) is 0 Å². The van der Waals surface area contributed by atoms with Crippen LogP contribution in [-0.2, 0) is 4.74 Å². The Balaban J connectivity index is 1.76. The summed E-state index contributed by atoms with van der Waals surface area (Å²) in [6, 6.07) is 5.31. The molecule has 4 nitrogen and oxygen atoms in total. The number of halogens is 2. The van der Waals surface area contributed by atoms with Gasteiger partial charge in [0.1, 0.15) is 11.4 Å². The molecule has 1 atom stereocenters. The van der Waals surface area contributed by atoms with Crippen molar-refractivity contribution in [3.63, 3.8) is 0 Å². The zero-order valence-electron chi connectivity index (χ0n) is 14.0. The molecule has 1 aromatic carbocycles. The first-order chi connectivity index (χ1) is 10.6. The lowest BCUT2D eigenvalue weighted by Crippen LogP contribution is -2.53. The molecule has 128 valence electrons. The van der Waals surface area contributed by atoms with Gasteiger partial charge in [-0.05, 0) is 58.2 Å². The third-order valence-electron chi connectivity index (χ3n) is 3.77. The van der Waals surface area contributed by atoms with E-state index < -0.39 is 5.60 Å². The van der Waals surface area contributed by atoms with Crippen molar-refractivity contribution in [3.8, 4) is 0 Å². The Bertz CT molecular complexity index is 568. The number of hydrogen-bond donors (Lipinski definition) is 2. The molecular formula is C17H24BrFN2O2. The van der Waals surface area contributed by atoms with Crippen LogP contribution in [-0.4, -0.2) is 23.8 Å². The molecule has 1 fully saturated rings. The van der Waals surface area contributed by atoms with Gasteiger partial charge < -0.3 is 15.4 Å². The Labute approximate surface area is 145 Å². The normalized spacial score (nSPS) is 22.2. The van der Waals surface area contributed by atoms with Crippen LogP contribution in [0.15, 0.2) is 22.7 Å². The average Bonchev–Trinajstić information content (AvgIpc) is 2.33. The number of hydrogen-bond acceptors (Lipinski definition) is 3. The highest BCUT2D eigenvalue weighted by molar-refractivity contribution is 9.10. The lowest BCUT2D eigenvalue weighted by atomic mass is 9.86. The van der Waals surface area contributed by atoms with Crippen LogP contribution in [0.3, 0.4) is 0 Å². The fraction of sp³-hybridized carbons (Fsp3) is 0.588. The second-order valence-corrected chi connectivity index (χ2v) is 7.92. The van der Waals surface area contributed by atoms with Gasteiger partial charge >= 0.3 is 6.09 Å². The molecule has 0 saturated heterocycles. The Morgan fingerprint density at radius 2 is 2.00 bits per heavy atom. The van der Waals surface area contributed by atoms with Gasteiger partial charge in [0.2, 0.25) is 0 Å². The van der Waals surface area contributed by atoms with Crippen molar-refractivity contribution < 1.29 is 13.9 Å². The first-order valence-corrected chi connectivity index (χ1v) is 8.64. The second kappa shape index (κ2) is 7.18. The van der Waals surface area contributed by atoms with Crippen LogP contribution in [0.2, 0.25) is 0 Å². The zero-order chi connectivity index (χ0) is 17.2. The van der Waals surface area contributed by atoms with Crippen molar-refractivity contribution in [2.24, 2.45) is 0 Å². The highest BCUT2D eigenvalue weighted by Crippen LogP contribution is 2.28. The van der Waals surface area contributed by atoms with Crippen molar-refractivity contribution >= 4 is 22.0 Å². The highest BCUT2D eigenvalue weighted by atomic mass is 79.9. The fourth-order valence-electron chi connectivity index (χ4n) is 2.64. The van der Waals surface area contributed by atoms with Crippen LogP contribution >= 0.6 is 15.9 Å². The molecule has 23 heavy (non-hydrogen) atoms. The topological polar surface area (TPSA) is 50.4 Å². The largest absolute Gasteiger partial charge is 0.444 e. The summed E-state index contributed by atoms with van der Waals surface area (Å²) in [5.74, 6) is -0.252. The van der Waals surface area contributed by atoms with Crippen LogP contribution in [0, 0.1) is 5.82 Å². The molecule has 6 heteroatoms. The van der Waals surface area contributed by atoms with Gasteiger partial charge in [-0.2, -0.15) is 0 Å². The molecular weight excluding hydrogens is 363 g/mol. The number of benzene rings is 1. The minimum atomic E-state index is -0.477. The van der Waals surface area contributed by atoms with Gasteiger partial charge in [-0.1, -0.05) is 22.0 Å². The van der Waals surface area contributed by atoms with Gasteiger partial charge in [0.05, 0.1) is 0 Å². The average molecular weight is 387 g/mol. The van der Waals surface area contributed by atoms with E-state index in [1.54, 1.807) is 6.07 Å². The van der Waals surface area contributed by atoms with Crippen LogP contribution in [0.1, 0.15) is 52.1 Å². The van der Waals surface area contributed by atoms with Gasteiger partial charge in [0.25, 0.3) is 0 Å². The number of carbonyl (C=O) groups is 1. The third-order valence-corrected chi connectivity index (χ3v) is 4.46. The van der Waals surface area contributed by atoms with E-state index in [0.717, 1.165) is 22.9 Å². The molecule has 1 unspecified atom stereocenters. The molecule has 1 amide bonds. The van der Waals surface area contributed by atoms with E-state index in [2.05, 4.69) is 26.6 Å². The molecule has 0 bridgehead atoms. The first kappa shape index (κ1) is 18.2. The molecule has 2 rings (SSSR count). The molecule has 0 spiro atoms. The summed E-state index contributed by atoms with van der Waals surface area (Å²) >= 11 is 3.40. The predicted octanol–water partition coefficient (Wildman–Crippen LogP) is 4.29. The Morgan fingerprint density at radius 1 is 1.35 bits per heavy atom. The first-order valence-electron chi connectivity index (χ1n) is 7.84. The minimum absolute atomic E-state index is 0.109. The van der Waals surface area contributed by atoms with Gasteiger partial charge in [-0.15, -0.1) is 0 Å². The second-order valence-electron chi connectivity index (χ2n) is 7.07. The van der Waals surface area contributed by atoms with E-state index in [0.29, 0.717) is 6.04 Å². The van der Waals surface area contributed by atoms with Gasteiger partial charge in [0, 0.05) is 22.6 Å². The number of rotatable bonds is 4. The summed E-state index contributed by atoms with van der Waals surface area (Å²) in [7, 11) is 0. The van der Waals surface area contributed by atoms with Gasteiger partial charge in [0.15, 0.2) is 0 Å². The summed E-state index contributed by atoms with van der Waals surface area (Å²) < 4.78 is 19.1. The molecule has 0 heterocycles. The molecule has 1 aromatic rings. The van der Waals surface area contributed by atoms with E-state index in [1.165, 1.54) is 12.1 Å². The maximum atomic E-state index is 13.1. The van der Waals surface area contributed by atoms with Gasteiger partial charge in [-0.25, -0.2) is 9.18 Å². The van der Waals surface area contributed by atoms with Crippen LogP contribution in [0.5, 0.6) is 0 Å². The molecule has 0 aromatic heterocycles. The smallest absolute Gasteiger partial charge is 0.407 e. The Kier molecular flexibility index (Phi) is 5.68.